The first kappa shape index (κ1) is 12.9. The number of aromatic nitrogens is 2. The molecule has 0 saturated carbocycles. The van der Waals surface area contributed by atoms with Crippen LogP contribution in [0.4, 0.5) is 0 Å². The van der Waals surface area contributed by atoms with Gasteiger partial charge in [-0.25, -0.2) is 4.98 Å². The number of benzene rings is 1. The largest absolute Gasteiger partial charge is 0.354 e. The summed E-state index contributed by atoms with van der Waals surface area (Å²) >= 11 is 0. The summed E-state index contributed by atoms with van der Waals surface area (Å²) in [7, 11) is 0. The van der Waals surface area contributed by atoms with E-state index in [0.717, 1.165) is 25.2 Å². The average molecular weight is 270 g/mol. The molecule has 0 saturated heterocycles. The lowest BCUT2D eigenvalue weighted by atomic mass is 9.95. The molecular formula is C15H18N4O. The van der Waals surface area contributed by atoms with Gasteiger partial charge < -0.3 is 15.6 Å². The van der Waals surface area contributed by atoms with E-state index in [9.17, 15) is 4.79 Å². The first-order chi connectivity index (χ1) is 9.83. The molecule has 5 nitrogen and oxygen atoms in total. The predicted octanol–water partition coefficient (Wildman–Crippen LogP) is 0.783. The molecule has 1 aromatic carbocycles. The highest BCUT2D eigenvalue weighted by Gasteiger charge is 2.23. The van der Waals surface area contributed by atoms with Crippen LogP contribution in [0.25, 0.3) is 0 Å². The van der Waals surface area contributed by atoms with Gasteiger partial charge in [0.15, 0.2) is 0 Å². The fourth-order valence-electron chi connectivity index (χ4n) is 2.50. The third-order valence-electron chi connectivity index (χ3n) is 3.61. The Kier molecular flexibility index (Phi) is 3.78. The number of amides is 1. The molecule has 104 valence electrons. The summed E-state index contributed by atoms with van der Waals surface area (Å²) in [5.74, 6) is 0.957. The molecule has 1 aliphatic heterocycles. The van der Waals surface area contributed by atoms with Crippen LogP contribution >= 0.6 is 0 Å². The van der Waals surface area contributed by atoms with Crippen LogP contribution in [0.3, 0.4) is 0 Å². The Morgan fingerprint density at radius 3 is 3.00 bits per heavy atom. The summed E-state index contributed by atoms with van der Waals surface area (Å²) in [6.07, 6.45) is 4.98. The number of hydrogen-bond acceptors (Lipinski definition) is 3. The van der Waals surface area contributed by atoms with Gasteiger partial charge in [0.25, 0.3) is 0 Å². The molecule has 0 unspecified atom stereocenters. The van der Waals surface area contributed by atoms with Crippen molar-refractivity contribution >= 4 is 5.91 Å². The monoisotopic (exact) mass is 270 g/mol. The Bertz CT molecular complexity index is 579. The number of nitrogens with one attached hydrogen (secondary N) is 3. The second kappa shape index (κ2) is 5.88. The summed E-state index contributed by atoms with van der Waals surface area (Å²) in [6, 6.07) is 8.12. The molecule has 0 fully saturated rings. The zero-order chi connectivity index (χ0) is 13.8. The topological polar surface area (TPSA) is 69.8 Å². The highest BCUT2D eigenvalue weighted by molar-refractivity contribution is 5.82. The Labute approximate surface area is 117 Å². The third kappa shape index (κ3) is 2.88. The lowest BCUT2D eigenvalue weighted by Crippen LogP contribution is -2.48. The van der Waals surface area contributed by atoms with Crippen molar-refractivity contribution in [3.63, 3.8) is 0 Å². The number of nitrogens with zero attached hydrogens (tertiary/aromatic N) is 1. The van der Waals surface area contributed by atoms with E-state index >= 15 is 0 Å². The average Bonchev–Trinajstić information content (AvgIpc) is 3.00. The van der Waals surface area contributed by atoms with Crippen LogP contribution in [-0.4, -0.2) is 28.5 Å². The summed E-state index contributed by atoms with van der Waals surface area (Å²) < 4.78 is 0. The Hall–Kier alpha value is -2.14. The van der Waals surface area contributed by atoms with Crippen LogP contribution in [-0.2, 0) is 24.2 Å². The van der Waals surface area contributed by atoms with Crippen LogP contribution in [0.2, 0.25) is 0 Å². The molecule has 3 rings (SSSR count). The maximum Gasteiger partial charge on any atom is 0.237 e. The zero-order valence-corrected chi connectivity index (χ0v) is 11.2. The number of rotatable bonds is 4. The van der Waals surface area contributed by atoms with E-state index in [1.54, 1.807) is 12.4 Å². The minimum Gasteiger partial charge on any atom is -0.354 e. The summed E-state index contributed by atoms with van der Waals surface area (Å²) in [4.78, 5) is 19.3. The second-order valence-corrected chi connectivity index (χ2v) is 4.98. The Balaban J connectivity index is 1.51. The van der Waals surface area contributed by atoms with E-state index in [2.05, 4.69) is 32.7 Å². The predicted molar refractivity (Wildman–Crippen MR) is 76.1 cm³/mol. The van der Waals surface area contributed by atoms with E-state index in [-0.39, 0.29) is 11.9 Å². The van der Waals surface area contributed by atoms with E-state index in [0.29, 0.717) is 6.54 Å². The summed E-state index contributed by atoms with van der Waals surface area (Å²) in [5.41, 5.74) is 2.55. The minimum absolute atomic E-state index is 0.0612. The molecule has 1 aliphatic rings. The Morgan fingerprint density at radius 1 is 1.35 bits per heavy atom. The molecule has 1 aromatic heterocycles. The highest BCUT2D eigenvalue weighted by Crippen LogP contribution is 2.16. The van der Waals surface area contributed by atoms with Gasteiger partial charge in [-0.1, -0.05) is 24.3 Å². The van der Waals surface area contributed by atoms with Crippen molar-refractivity contribution in [3.8, 4) is 0 Å². The van der Waals surface area contributed by atoms with E-state index in [1.165, 1.54) is 11.1 Å². The number of hydrogen-bond donors (Lipinski definition) is 3. The van der Waals surface area contributed by atoms with Crippen LogP contribution in [0.5, 0.6) is 0 Å². The first-order valence-corrected chi connectivity index (χ1v) is 6.89. The van der Waals surface area contributed by atoms with Crippen molar-refractivity contribution in [2.75, 3.05) is 6.54 Å². The van der Waals surface area contributed by atoms with Gasteiger partial charge in [-0.2, -0.15) is 0 Å². The smallest absolute Gasteiger partial charge is 0.237 e. The Morgan fingerprint density at radius 2 is 2.20 bits per heavy atom. The number of H-pyrrole nitrogens is 1. The van der Waals surface area contributed by atoms with Gasteiger partial charge in [0, 0.05) is 31.9 Å². The normalized spacial score (nSPS) is 17.5. The van der Waals surface area contributed by atoms with Gasteiger partial charge in [0.05, 0.1) is 6.04 Å². The van der Waals surface area contributed by atoms with E-state index in [4.69, 9.17) is 0 Å². The van der Waals surface area contributed by atoms with Crippen molar-refractivity contribution in [3.05, 3.63) is 53.6 Å². The molecule has 1 amide bonds. The fraction of sp³-hybridized carbons (Fsp3) is 0.333. The number of aromatic amines is 1. The minimum atomic E-state index is -0.137. The van der Waals surface area contributed by atoms with Crippen molar-refractivity contribution in [2.24, 2.45) is 0 Å². The second-order valence-electron chi connectivity index (χ2n) is 4.98. The lowest BCUT2D eigenvalue weighted by Gasteiger charge is -2.25. The quantitative estimate of drug-likeness (QED) is 0.769. The molecule has 3 N–H and O–H groups in total. The molecule has 0 bridgehead atoms. The molecular weight excluding hydrogens is 252 g/mol. The van der Waals surface area contributed by atoms with E-state index in [1.807, 2.05) is 12.1 Å². The standard InChI is InChI=1S/C15H18N4O/c20-15(18-6-5-14-16-7-8-17-14)13-9-11-3-1-2-4-12(11)10-19-13/h1-4,7-8,13,19H,5-6,9-10H2,(H,16,17)(H,18,20)/t13-/m0/s1. The molecule has 2 heterocycles. The number of imidazole rings is 1. The van der Waals surface area contributed by atoms with Gasteiger partial charge in [0.2, 0.25) is 5.91 Å². The third-order valence-corrected chi connectivity index (χ3v) is 3.61. The van der Waals surface area contributed by atoms with Gasteiger partial charge in [-0.15, -0.1) is 0 Å². The lowest BCUT2D eigenvalue weighted by molar-refractivity contribution is -0.123. The van der Waals surface area contributed by atoms with Crippen LogP contribution in [0.1, 0.15) is 17.0 Å². The molecule has 2 aromatic rings. The number of carbonyl (C=O) groups excluding carboxylic acids is 1. The van der Waals surface area contributed by atoms with Crippen molar-refractivity contribution in [1.29, 1.82) is 0 Å². The molecule has 0 radical (unpaired) electrons. The molecule has 1 atom stereocenters. The number of carbonyl (C=O) groups is 1. The molecule has 0 aliphatic carbocycles. The molecule has 20 heavy (non-hydrogen) atoms. The fourth-order valence-corrected chi connectivity index (χ4v) is 2.50. The van der Waals surface area contributed by atoms with Crippen molar-refractivity contribution < 1.29 is 4.79 Å². The highest BCUT2D eigenvalue weighted by atomic mass is 16.2. The van der Waals surface area contributed by atoms with Crippen LogP contribution in [0.15, 0.2) is 36.7 Å². The summed E-state index contributed by atoms with van der Waals surface area (Å²) in [5, 5.41) is 6.24. The first-order valence-electron chi connectivity index (χ1n) is 6.89. The maximum absolute atomic E-state index is 12.1. The van der Waals surface area contributed by atoms with Gasteiger partial charge in [0.1, 0.15) is 5.82 Å². The number of fused-ring (bicyclic) bond motifs is 1. The van der Waals surface area contributed by atoms with E-state index < -0.39 is 0 Å². The zero-order valence-electron chi connectivity index (χ0n) is 11.2. The van der Waals surface area contributed by atoms with Gasteiger partial charge in [-0.05, 0) is 17.5 Å². The van der Waals surface area contributed by atoms with Crippen molar-refractivity contribution in [2.45, 2.75) is 25.4 Å². The molecule has 0 spiro atoms. The van der Waals surface area contributed by atoms with Gasteiger partial charge in [-0.3, -0.25) is 4.79 Å². The summed E-state index contributed by atoms with van der Waals surface area (Å²) in [6.45, 7) is 1.36. The van der Waals surface area contributed by atoms with Crippen molar-refractivity contribution in [1.82, 2.24) is 20.6 Å². The van der Waals surface area contributed by atoms with Gasteiger partial charge >= 0.3 is 0 Å². The van der Waals surface area contributed by atoms with Crippen LogP contribution < -0.4 is 10.6 Å². The molecule has 5 heteroatoms. The van der Waals surface area contributed by atoms with Crippen LogP contribution in [0, 0.1) is 0 Å². The maximum atomic E-state index is 12.1. The SMILES string of the molecule is O=C(NCCc1ncc[nH]1)[C@@H]1Cc2ccccc2CN1.